The third-order valence-corrected chi connectivity index (χ3v) is 3.68. The van der Waals surface area contributed by atoms with E-state index >= 15 is 0 Å². The Morgan fingerprint density at radius 2 is 1.31 bits per heavy atom. The van der Waals surface area contributed by atoms with Gasteiger partial charge >= 0.3 is 12.2 Å². The molecule has 172 valence electrons. The smallest absolute Gasteiger partial charge is 0.412 e. The number of aliphatic hydroxyl groups excluding tert-OH is 1. The Bertz CT molecular complexity index is 973. The molecule has 32 heavy (non-hydrogen) atoms. The highest BCUT2D eigenvalue weighted by Crippen LogP contribution is 2.27. The van der Waals surface area contributed by atoms with E-state index in [1.807, 2.05) is 0 Å². The van der Waals surface area contributed by atoms with Crippen molar-refractivity contribution in [3.63, 3.8) is 0 Å². The third kappa shape index (κ3) is 8.73. The summed E-state index contributed by atoms with van der Waals surface area (Å²) in [5.74, 6) is 0. The molecule has 0 heterocycles. The maximum absolute atomic E-state index is 11.9. The number of ether oxygens (including phenoxy) is 2. The summed E-state index contributed by atoms with van der Waals surface area (Å²) in [6, 6.07) is 11.6. The van der Waals surface area contributed by atoms with Crippen LogP contribution >= 0.6 is 0 Å². The van der Waals surface area contributed by atoms with Gasteiger partial charge in [-0.2, -0.15) is 10.2 Å². The van der Waals surface area contributed by atoms with Gasteiger partial charge < -0.3 is 14.6 Å². The molecule has 3 N–H and O–H groups in total. The topological polar surface area (TPSA) is 122 Å². The molecule has 0 aliphatic carbocycles. The van der Waals surface area contributed by atoms with Gasteiger partial charge in [-0.3, -0.25) is 10.6 Å². The number of benzene rings is 2. The molecule has 0 saturated carbocycles. The average molecular weight is 443 g/mol. The fourth-order valence-electron chi connectivity index (χ4n) is 2.45. The van der Waals surface area contributed by atoms with Crippen molar-refractivity contribution in [2.45, 2.75) is 59.4 Å². The van der Waals surface area contributed by atoms with Crippen molar-refractivity contribution in [2.24, 2.45) is 10.2 Å². The zero-order valence-electron chi connectivity index (χ0n) is 19.2. The van der Waals surface area contributed by atoms with E-state index in [4.69, 9.17) is 9.47 Å². The second-order valence-corrected chi connectivity index (χ2v) is 9.00. The Hall–Kier alpha value is -3.46. The lowest BCUT2D eigenvalue weighted by Crippen LogP contribution is -2.27. The first-order valence-electron chi connectivity index (χ1n) is 10.1. The van der Waals surface area contributed by atoms with Crippen LogP contribution < -0.4 is 10.6 Å². The first kappa shape index (κ1) is 24.8. The number of amides is 2. The number of azo groups is 1. The minimum atomic E-state index is -0.615. The first-order chi connectivity index (χ1) is 14.8. The average Bonchev–Trinajstić information content (AvgIpc) is 2.65. The number of aliphatic hydroxyl groups is 1. The van der Waals surface area contributed by atoms with Crippen LogP contribution in [0.3, 0.4) is 0 Å². The normalized spacial score (nSPS) is 11.8. The van der Waals surface area contributed by atoms with Gasteiger partial charge in [0.25, 0.3) is 0 Å². The maximum atomic E-state index is 11.9. The van der Waals surface area contributed by atoms with Gasteiger partial charge in [-0.15, -0.1) is 0 Å². The molecule has 0 aliphatic rings. The number of nitrogens with one attached hydrogen (secondary N) is 2. The Balaban J connectivity index is 2.04. The van der Waals surface area contributed by atoms with Crippen LogP contribution in [0.15, 0.2) is 52.7 Å². The summed E-state index contributed by atoms with van der Waals surface area (Å²) in [4.78, 5) is 23.7. The van der Waals surface area contributed by atoms with E-state index in [9.17, 15) is 14.7 Å². The second-order valence-electron chi connectivity index (χ2n) is 9.00. The standard InChI is InChI=1S/C23H30N4O5/c1-22(2,3)31-20(29)24-16-7-9-17(10-8-16)26-27-19-12-11-18(13-15(19)14-28)25-21(30)32-23(4,5)6/h7-13,28H,14H2,1-6H3,(H,24,29)(H,25,30). The largest absolute Gasteiger partial charge is 0.444 e. The molecule has 0 bridgehead atoms. The van der Waals surface area contributed by atoms with Gasteiger partial charge in [0.2, 0.25) is 0 Å². The SMILES string of the molecule is CC(C)(C)OC(=O)Nc1ccc(N=Nc2ccc(NC(=O)OC(C)(C)C)cc2CO)cc1. The lowest BCUT2D eigenvalue weighted by Gasteiger charge is -2.19. The summed E-state index contributed by atoms with van der Waals surface area (Å²) in [7, 11) is 0. The molecule has 0 atom stereocenters. The predicted octanol–water partition coefficient (Wildman–Crippen LogP) is 6.29. The van der Waals surface area contributed by atoms with E-state index in [0.29, 0.717) is 28.3 Å². The minimum Gasteiger partial charge on any atom is -0.444 e. The highest BCUT2D eigenvalue weighted by atomic mass is 16.6. The zero-order chi connectivity index (χ0) is 23.9. The van der Waals surface area contributed by atoms with E-state index in [-0.39, 0.29) is 6.61 Å². The number of hydrogen-bond donors (Lipinski definition) is 3. The van der Waals surface area contributed by atoms with Gasteiger partial charge in [0, 0.05) is 16.9 Å². The number of carbonyl (C=O) groups excluding carboxylic acids is 2. The summed E-state index contributed by atoms with van der Waals surface area (Å²) in [5, 5.41) is 23.3. The lowest BCUT2D eigenvalue weighted by molar-refractivity contribution is 0.0624. The summed E-state index contributed by atoms with van der Waals surface area (Å²) in [6.07, 6.45) is -1.13. The second kappa shape index (κ2) is 10.2. The van der Waals surface area contributed by atoms with Crippen LogP contribution in [0.5, 0.6) is 0 Å². The van der Waals surface area contributed by atoms with Crippen molar-refractivity contribution in [2.75, 3.05) is 10.6 Å². The quantitative estimate of drug-likeness (QED) is 0.470. The van der Waals surface area contributed by atoms with Gasteiger partial charge in [-0.25, -0.2) is 9.59 Å². The van der Waals surface area contributed by atoms with Gasteiger partial charge in [0.1, 0.15) is 11.2 Å². The van der Waals surface area contributed by atoms with Crippen molar-refractivity contribution >= 4 is 34.9 Å². The maximum Gasteiger partial charge on any atom is 0.412 e. The fraction of sp³-hybridized carbons (Fsp3) is 0.391. The molecule has 0 aromatic heterocycles. The van der Waals surface area contributed by atoms with Crippen molar-refractivity contribution < 1.29 is 24.2 Å². The highest BCUT2D eigenvalue weighted by molar-refractivity contribution is 5.86. The summed E-state index contributed by atoms with van der Waals surface area (Å²) >= 11 is 0. The number of anilines is 2. The van der Waals surface area contributed by atoms with E-state index in [0.717, 1.165) is 0 Å². The van der Waals surface area contributed by atoms with E-state index in [1.165, 1.54) is 0 Å². The van der Waals surface area contributed by atoms with Crippen LogP contribution in [0.25, 0.3) is 0 Å². The molecular weight excluding hydrogens is 412 g/mol. The van der Waals surface area contributed by atoms with E-state index < -0.39 is 23.4 Å². The molecule has 2 aromatic rings. The van der Waals surface area contributed by atoms with Gasteiger partial charge in [-0.05, 0) is 84.0 Å². The van der Waals surface area contributed by atoms with Crippen molar-refractivity contribution in [1.82, 2.24) is 0 Å². The molecule has 0 unspecified atom stereocenters. The molecule has 0 spiro atoms. The number of rotatable bonds is 5. The summed E-state index contributed by atoms with van der Waals surface area (Å²) in [5.41, 5.74) is 1.34. The van der Waals surface area contributed by atoms with E-state index in [2.05, 4.69) is 20.9 Å². The molecule has 9 heteroatoms. The van der Waals surface area contributed by atoms with Crippen molar-refractivity contribution in [1.29, 1.82) is 0 Å². The van der Waals surface area contributed by atoms with Crippen LogP contribution in [-0.2, 0) is 16.1 Å². The fourth-order valence-corrected chi connectivity index (χ4v) is 2.45. The molecule has 2 rings (SSSR count). The predicted molar refractivity (Wildman–Crippen MR) is 123 cm³/mol. The summed E-state index contributed by atoms with van der Waals surface area (Å²) < 4.78 is 10.4. The molecule has 2 amide bonds. The third-order valence-electron chi connectivity index (χ3n) is 3.68. The van der Waals surface area contributed by atoms with Crippen LogP contribution in [0.1, 0.15) is 47.1 Å². The molecular formula is C23H30N4O5. The summed E-state index contributed by atoms with van der Waals surface area (Å²) in [6.45, 7) is 10.4. The minimum absolute atomic E-state index is 0.281. The molecule has 0 fully saturated rings. The van der Waals surface area contributed by atoms with Crippen LogP contribution in [0.4, 0.5) is 32.3 Å². The van der Waals surface area contributed by atoms with Crippen LogP contribution in [-0.4, -0.2) is 28.5 Å². The van der Waals surface area contributed by atoms with Gasteiger partial charge in [0.05, 0.1) is 18.0 Å². The molecule has 0 radical (unpaired) electrons. The van der Waals surface area contributed by atoms with Crippen LogP contribution in [0.2, 0.25) is 0 Å². The number of nitrogens with zero attached hydrogens (tertiary/aromatic N) is 2. The first-order valence-corrected chi connectivity index (χ1v) is 10.1. The Morgan fingerprint density at radius 3 is 1.81 bits per heavy atom. The van der Waals surface area contributed by atoms with E-state index in [1.54, 1.807) is 84.0 Å². The van der Waals surface area contributed by atoms with Gasteiger partial charge in [-0.1, -0.05) is 0 Å². The van der Waals surface area contributed by atoms with Crippen LogP contribution in [0, 0.1) is 0 Å². The molecule has 9 nitrogen and oxygen atoms in total. The van der Waals surface area contributed by atoms with Crippen molar-refractivity contribution in [3.05, 3.63) is 48.0 Å². The molecule has 0 saturated heterocycles. The van der Waals surface area contributed by atoms with Crippen molar-refractivity contribution in [3.8, 4) is 0 Å². The Labute approximate surface area is 187 Å². The lowest BCUT2D eigenvalue weighted by atomic mass is 10.1. The highest BCUT2D eigenvalue weighted by Gasteiger charge is 2.17. The Morgan fingerprint density at radius 1 is 0.812 bits per heavy atom. The number of hydrogen-bond acceptors (Lipinski definition) is 7. The number of carbonyl (C=O) groups is 2. The monoisotopic (exact) mass is 442 g/mol. The zero-order valence-corrected chi connectivity index (χ0v) is 19.2. The molecule has 0 aliphatic heterocycles. The van der Waals surface area contributed by atoms with Gasteiger partial charge in [0.15, 0.2) is 0 Å². The Kier molecular flexibility index (Phi) is 7.93. The molecule has 2 aromatic carbocycles.